The Balaban J connectivity index is 2.03. The van der Waals surface area contributed by atoms with Crippen molar-refractivity contribution < 1.29 is 22.0 Å². The van der Waals surface area contributed by atoms with Crippen LogP contribution in [-0.4, -0.2) is 18.8 Å². The van der Waals surface area contributed by atoms with Gasteiger partial charge in [-0.3, -0.25) is 0 Å². The molecule has 1 N–H and O–H groups in total. The van der Waals surface area contributed by atoms with Gasteiger partial charge in [-0.15, -0.1) is 0 Å². The summed E-state index contributed by atoms with van der Waals surface area (Å²) in [5, 5.41) is 2.95. The van der Waals surface area contributed by atoms with E-state index in [1.54, 1.807) is 0 Å². The lowest BCUT2D eigenvalue weighted by Gasteiger charge is -2.31. The standard InChI is InChI=1S/C15H13F5N2/c16-10-7-12(21-9-4-5-9)13(8-11(10)17)22-6-2-1-3-14(22)15(18,19)20/h1-3,7-9,21H,4-6H2. The Kier molecular flexibility index (Phi) is 3.58. The molecule has 0 bridgehead atoms. The lowest BCUT2D eigenvalue weighted by molar-refractivity contribution is -0.0933. The van der Waals surface area contributed by atoms with Crippen molar-refractivity contribution in [1.29, 1.82) is 0 Å². The number of allylic oxidation sites excluding steroid dienone is 3. The monoisotopic (exact) mass is 316 g/mol. The summed E-state index contributed by atoms with van der Waals surface area (Å²) in [5.74, 6) is -2.26. The molecular formula is C15H13F5N2. The van der Waals surface area contributed by atoms with E-state index >= 15 is 0 Å². The zero-order valence-electron chi connectivity index (χ0n) is 11.4. The zero-order chi connectivity index (χ0) is 15.9. The molecule has 0 amide bonds. The molecule has 1 aromatic carbocycles. The van der Waals surface area contributed by atoms with Gasteiger partial charge in [0.1, 0.15) is 5.70 Å². The summed E-state index contributed by atoms with van der Waals surface area (Å²) in [6, 6.07) is 1.82. The number of hydrogen-bond acceptors (Lipinski definition) is 2. The molecule has 7 heteroatoms. The van der Waals surface area contributed by atoms with Crippen LogP contribution < -0.4 is 10.2 Å². The number of alkyl halides is 3. The summed E-state index contributed by atoms with van der Waals surface area (Å²) in [5.41, 5.74) is -0.745. The van der Waals surface area contributed by atoms with E-state index in [0.29, 0.717) is 0 Å². The molecule has 1 saturated carbocycles. The van der Waals surface area contributed by atoms with Crippen molar-refractivity contribution in [1.82, 2.24) is 0 Å². The first kappa shape index (κ1) is 14.9. The van der Waals surface area contributed by atoms with Crippen molar-refractivity contribution in [2.75, 3.05) is 16.8 Å². The van der Waals surface area contributed by atoms with E-state index in [1.165, 1.54) is 12.2 Å². The topological polar surface area (TPSA) is 15.3 Å². The Morgan fingerprint density at radius 2 is 1.77 bits per heavy atom. The van der Waals surface area contributed by atoms with Gasteiger partial charge in [-0.2, -0.15) is 13.2 Å². The highest BCUT2D eigenvalue weighted by molar-refractivity contribution is 5.74. The number of nitrogens with one attached hydrogen (secondary N) is 1. The summed E-state index contributed by atoms with van der Waals surface area (Å²) in [4.78, 5) is 0.938. The van der Waals surface area contributed by atoms with Gasteiger partial charge in [0, 0.05) is 24.7 Å². The van der Waals surface area contributed by atoms with Gasteiger partial charge in [0.05, 0.1) is 11.4 Å². The first-order valence-corrected chi connectivity index (χ1v) is 6.83. The predicted molar refractivity (Wildman–Crippen MR) is 73.6 cm³/mol. The lowest BCUT2D eigenvalue weighted by Crippen LogP contribution is -2.34. The van der Waals surface area contributed by atoms with Crippen LogP contribution >= 0.6 is 0 Å². The van der Waals surface area contributed by atoms with Crippen molar-refractivity contribution in [2.45, 2.75) is 25.1 Å². The van der Waals surface area contributed by atoms with Crippen molar-refractivity contribution in [2.24, 2.45) is 0 Å². The maximum absolute atomic E-state index is 13.5. The minimum absolute atomic E-state index is 0.0151. The molecule has 118 valence electrons. The smallest absolute Gasteiger partial charge is 0.381 e. The molecule has 1 heterocycles. The minimum atomic E-state index is -4.58. The van der Waals surface area contributed by atoms with Crippen molar-refractivity contribution in [3.8, 4) is 0 Å². The number of hydrogen-bond donors (Lipinski definition) is 1. The van der Waals surface area contributed by atoms with Crippen LogP contribution in [-0.2, 0) is 0 Å². The van der Waals surface area contributed by atoms with Crippen LogP contribution in [0.15, 0.2) is 36.1 Å². The minimum Gasteiger partial charge on any atom is -0.381 e. The third kappa shape index (κ3) is 2.93. The van der Waals surface area contributed by atoms with Crippen LogP contribution in [0.5, 0.6) is 0 Å². The summed E-state index contributed by atoms with van der Waals surface area (Å²) in [7, 11) is 0. The van der Waals surface area contributed by atoms with E-state index in [0.717, 1.165) is 36.0 Å². The van der Waals surface area contributed by atoms with Crippen LogP contribution in [0.2, 0.25) is 0 Å². The number of benzene rings is 1. The Morgan fingerprint density at radius 1 is 1.09 bits per heavy atom. The van der Waals surface area contributed by atoms with Gasteiger partial charge in [-0.1, -0.05) is 12.2 Å². The quantitative estimate of drug-likeness (QED) is 0.834. The van der Waals surface area contributed by atoms with E-state index in [9.17, 15) is 22.0 Å². The van der Waals surface area contributed by atoms with Gasteiger partial charge in [0.15, 0.2) is 11.6 Å². The van der Waals surface area contributed by atoms with Gasteiger partial charge in [-0.05, 0) is 18.9 Å². The van der Waals surface area contributed by atoms with Crippen molar-refractivity contribution in [3.05, 3.63) is 47.7 Å². The summed E-state index contributed by atoms with van der Waals surface area (Å²) >= 11 is 0. The van der Waals surface area contributed by atoms with Gasteiger partial charge >= 0.3 is 6.18 Å². The van der Waals surface area contributed by atoms with Crippen LogP contribution in [0.1, 0.15) is 12.8 Å². The molecule has 0 unspecified atom stereocenters. The zero-order valence-corrected chi connectivity index (χ0v) is 11.4. The fraction of sp³-hybridized carbons (Fsp3) is 0.333. The van der Waals surface area contributed by atoms with Gasteiger partial charge < -0.3 is 10.2 Å². The molecule has 0 spiro atoms. The van der Waals surface area contributed by atoms with Gasteiger partial charge in [0.2, 0.25) is 0 Å². The Labute approximate surface area is 123 Å². The third-order valence-corrected chi connectivity index (χ3v) is 3.53. The first-order chi connectivity index (χ1) is 10.4. The average molecular weight is 316 g/mol. The van der Waals surface area contributed by atoms with E-state index in [1.807, 2.05) is 0 Å². The molecule has 22 heavy (non-hydrogen) atoms. The fourth-order valence-electron chi connectivity index (χ4n) is 2.31. The van der Waals surface area contributed by atoms with E-state index in [4.69, 9.17) is 0 Å². The maximum atomic E-state index is 13.5. The third-order valence-electron chi connectivity index (χ3n) is 3.53. The fourth-order valence-corrected chi connectivity index (χ4v) is 2.31. The van der Waals surface area contributed by atoms with Gasteiger partial charge in [0.25, 0.3) is 0 Å². The molecule has 2 aliphatic rings. The molecule has 0 saturated heterocycles. The van der Waals surface area contributed by atoms with E-state index < -0.39 is 23.5 Å². The highest BCUT2D eigenvalue weighted by Crippen LogP contribution is 2.39. The Morgan fingerprint density at radius 3 is 2.41 bits per heavy atom. The number of nitrogens with zero attached hydrogens (tertiary/aromatic N) is 1. The summed E-state index contributed by atoms with van der Waals surface area (Å²) in [6.07, 6.45) is 0.892. The summed E-state index contributed by atoms with van der Waals surface area (Å²) < 4.78 is 66.4. The molecule has 0 radical (unpaired) electrons. The molecule has 1 aliphatic carbocycles. The van der Waals surface area contributed by atoms with Crippen LogP contribution in [0, 0.1) is 11.6 Å². The normalized spacial score (nSPS) is 18.4. The number of halogens is 5. The molecule has 0 aromatic heterocycles. The average Bonchev–Trinajstić information content (AvgIpc) is 3.26. The Bertz CT molecular complexity index is 644. The molecule has 1 aromatic rings. The molecule has 3 rings (SSSR count). The van der Waals surface area contributed by atoms with Gasteiger partial charge in [-0.25, -0.2) is 8.78 Å². The van der Waals surface area contributed by atoms with Crippen molar-refractivity contribution in [3.63, 3.8) is 0 Å². The van der Waals surface area contributed by atoms with Crippen LogP contribution in [0.25, 0.3) is 0 Å². The molecular weight excluding hydrogens is 303 g/mol. The van der Waals surface area contributed by atoms with Crippen LogP contribution in [0.3, 0.4) is 0 Å². The summed E-state index contributed by atoms with van der Waals surface area (Å²) in [6.45, 7) is -0.0598. The first-order valence-electron chi connectivity index (χ1n) is 6.83. The predicted octanol–water partition coefficient (Wildman–Crippen LogP) is 4.36. The molecule has 1 fully saturated rings. The molecule has 1 aliphatic heterocycles. The second-order valence-corrected chi connectivity index (χ2v) is 5.29. The lowest BCUT2D eigenvalue weighted by atomic mass is 10.1. The highest BCUT2D eigenvalue weighted by atomic mass is 19.4. The van der Waals surface area contributed by atoms with E-state index in [-0.39, 0.29) is 24.0 Å². The highest BCUT2D eigenvalue weighted by Gasteiger charge is 2.39. The number of rotatable bonds is 3. The SMILES string of the molecule is Fc1cc(NC2CC2)c(N2CC=CC=C2C(F)(F)F)cc1F. The second-order valence-electron chi connectivity index (χ2n) is 5.29. The molecule has 0 atom stereocenters. The Hall–Kier alpha value is -2.05. The number of anilines is 2. The largest absolute Gasteiger partial charge is 0.431 e. The van der Waals surface area contributed by atoms with E-state index in [2.05, 4.69) is 5.32 Å². The second kappa shape index (κ2) is 5.30. The van der Waals surface area contributed by atoms with Crippen molar-refractivity contribution >= 4 is 11.4 Å². The molecule has 2 nitrogen and oxygen atoms in total. The maximum Gasteiger partial charge on any atom is 0.431 e. The van der Waals surface area contributed by atoms with Crippen LogP contribution in [0.4, 0.5) is 33.3 Å².